The summed E-state index contributed by atoms with van der Waals surface area (Å²) in [6, 6.07) is 0.0243. The molecule has 1 unspecified atom stereocenters. The summed E-state index contributed by atoms with van der Waals surface area (Å²) in [6.07, 6.45) is 2.79. The van der Waals surface area contributed by atoms with E-state index in [0.717, 1.165) is 18.5 Å². The van der Waals surface area contributed by atoms with Gasteiger partial charge in [-0.15, -0.1) is 0 Å². The van der Waals surface area contributed by atoms with Gasteiger partial charge in [-0.05, 0) is 51.5 Å². The van der Waals surface area contributed by atoms with E-state index >= 15 is 0 Å². The molecule has 3 N–H and O–H groups in total. The zero-order valence-electron chi connectivity index (χ0n) is 12.2. The first-order chi connectivity index (χ1) is 9.45. The zero-order chi connectivity index (χ0) is 14.9. The smallest absolute Gasteiger partial charge is 0.268 e. The Labute approximate surface area is 118 Å². The van der Waals surface area contributed by atoms with E-state index in [9.17, 15) is 9.59 Å². The van der Waals surface area contributed by atoms with Crippen LogP contribution in [0.3, 0.4) is 0 Å². The normalized spacial score (nSPS) is 16.0. The Bertz CT molecular complexity index is 529. The van der Waals surface area contributed by atoms with Gasteiger partial charge in [0.25, 0.3) is 5.91 Å². The van der Waals surface area contributed by atoms with Crippen LogP contribution >= 0.6 is 0 Å². The standard InChI is InChI=1S/C15H22N2O3/c1-8-13(10(3)19)9(2)16-14(8)15(20)17-12(6-7-18)11-4-5-11/h11-12,16,18H,4-7H2,1-3H3,(H,17,20). The SMILES string of the molecule is CC(=O)c1c(C)[nH]c(C(=O)NC(CCO)C2CC2)c1C. The van der Waals surface area contributed by atoms with Crippen LogP contribution in [0.2, 0.25) is 0 Å². The van der Waals surface area contributed by atoms with E-state index in [-0.39, 0.29) is 24.3 Å². The fourth-order valence-corrected chi connectivity index (χ4v) is 2.81. The summed E-state index contributed by atoms with van der Waals surface area (Å²) in [5.74, 6) is 0.252. The molecule has 1 fully saturated rings. The van der Waals surface area contributed by atoms with Crippen LogP contribution in [-0.2, 0) is 0 Å². The molecular weight excluding hydrogens is 256 g/mol. The summed E-state index contributed by atoms with van der Waals surface area (Å²) in [4.78, 5) is 26.9. The predicted octanol–water partition coefficient (Wildman–Crippen LogP) is 1.72. The number of hydrogen-bond donors (Lipinski definition) is 3. The molecule has 5 nitrogen and oxygen atoms in total. The van der Waals surface area contributed by atoms with Crippen molar-refractivity contribution in [1.29, 1.82) is 0 Å². The van der Waals surface area contributed by atoms with Crippen molar-refractivity contribution in [1.82, 2.24) is 10.3 Å². The number of Topliss-reactive ketones (excluding diaryl/α,β-unsaturated/α-hetero) is 1. The Morgan fingerprint density at radius 1 is 1.40 bits per heavy atom. The monoisotopic (exact) mass is 278 g/mol. The molecule has 110 valence electrons. The fourth-order valence-electron chi connectivity index (χ4n) is 2.81. The quantitative estimate of drug-likeness (QED) is 0.693. The van der Waals surface area contributed by atoms with Crippen LogP contribution in [-0.4, -0.2) is 34.4 Å². The molecule has 0 bridgehead atoms. The van der Waals surface area contributed by atoms with E-state index in [2.05, 4.69) is 10.3 Å². The van der Waals surface area contributed by atoms with Crippen molar-refractivity contribution >= 4 is 11.7 Å². The second-order valence-corrected chi connectivity index (χ2v) is 5.61. The number of amides is 1. The highest BCUT2D eigenvalue weighted by molar-refractivity contribution is 6.02. The third-order valence-corrected chi connectivity index (χ3v) is 3.96. The minimum atomic E-state index is -0.191. The van der Waals surface area contributed by atoms with E-state index in [1.54, 1.807) is 13.8 Å². The number of aliphatic hydroxyl groups excluding tert-OH is 1. The zero-order valence-corrected chi connectivity index (χ0v) is 12.2. The minimum Gasteiger partial charge on any atom is -0.396 e. The largest absolute Gasteiger partial charge is 0.396 e. The van der Waals surface area contributed by atoms with Crippen molar-refractivity contribution in [3.8, 4) is 0 Å². The minimum absolute atomic E-state index is 0.0243. The van der Waals surface area contributed by atoms with Gasteiger partial charge in [0.15, 0.2) is 5.78 Å². The highest BCUT2D eigenvalue weighted by Crippen LogP contribution is 2.34. The second-order valence-electron chi connectivity index (χ2n) is 5.61. The number of carbonyl (C=O) groups excluding carboxylic acids is 2. The van der Waals surface area contributed by atoms with Crippen LogP contribution in [0, 0.1) is 19.8 Å². The van der Waals surface area contributed by atoms with Crippen LogP contribution in [0.25, 0.3) is 0 Å². The Balaban J connectivity index is 2.16. The first-order valence-electron chi connectivity index (χ1n) is 7.07. The second kappa shape index (κ2) is 5.79. The lowest BCUT2D eigenvalue weighted by molar-refractivity contribution is 0.0919. The van der Waals surface area contributed by atoms with E-state index < -0.39 is 0 Å². The van der Waals surface area contributed by atoms with Gasteiger partial charge in [0, 0.05) is 23.9 Å². The summed E-state index contributed by atoms with van der Waals surface area (Å²) in [7, 11) is 0. The number of H-pyrrole nitrogens is 1. The average Bonchev–Trinajstić information content (AvgIpc) is 3.14. The van der Waals surface area contributed by atoms with Crippen LogP contribution < -0.4 is 5.32 Å². The first kappa shape index (κ1) is 14.8. The lowest BCUT2D eigenvalue weighted by Crippen LogP contribution is -2.37. The summed E-state index contributed by atoms with van der Waals surface area (Å²) >= 11 is 0. The lowest BCUT2D eigenvalue weighted by atomic mass is 10.1. The predicted molar refractivity (Wildman–Crippen MR) is 76.0 cm³/mol. The van der Waals surface area contributed by atoms with Gasteiger partial charge < -0.3 is 15.4 Å². The van der Waals surface area contributed by atoms with E-state index in [1.165, 1.54) is 6.92 Å². The molecule has 1 amide bonds. The number of ketones is 1. The summed E-state index contributed by atoms with van der Waals surface area (Å²) in [6.45, 7) is 5.16. The van der Waals surface area contributed by atoms with Gasteiger partial charge in [-0.25, -0.2) is 0 Å². The summed E-state index contributed by atoms with van der Waals surface area (Å²) in [5.41, 5.74) is 2.48. The number of rotatable bonds is 6. The molecule has 2 rings (SSSR count). The molecule has 0 aromatic carbocycles. The lowest BCUT2D eigenvalue weighted by Gasteiger charge is -2.16. The molecule has 1 saturated carbocycles. The van der Waals surface area contributed by atoms with Crippen LogP contribution in [0.1, 0.15) is 58.3 Å². The van der Waals surface area contributed by atoms with E-state index in [0.29, 0.717) is 29.2 Å². The summed E-state index contributed by atoms with van der Waals surface area (Å²) in [5, 5.41) is 12.0. The number of hydrogen-bond acceptors (Lipinski definition) is 3. The molecule has 1 atom stereocenters. The molecule has 0 saturated heterocycles. The number of aryl methyl sites for hydroxylation is 1. The first-order valence-corrected chi connectivity index (χ1v) is 7.07. The van der Waals surface area contributed by atoms with Gasteiger partial charge in [0.2, 0.25) is 0 Å². The highest BCUT2D eigenvalue weighted by atomic mass is 16.3. The number of aromatic nitrogens is 1. The van der Waals surface area contributed by atoms with Gasteiger partial charge >= 0.3 is 0 Å². The van der Waals surface area contributed by atoms with Gasteiger partial charge in [0.1, 0.15) is 5.69 Å². The Hall–Kier alpha value is -1.62. The maximum atomic E-state index is 12.3. The molecule has 0 radical (unpaired) electrons. The molecule has 0 spiro atoms. The topological polar surface area (TPSA) is 82.2 Å². The average molecular weight is 278 g/mol. The van der Waals surface area contributed by atoms with Crippen LogP contribution in [0.15, 0.2) is 0 Å². The van der Waals surface area contributed by atoms with Crippen molar-refractivity contribution in [2.45, 2.75) is 46.1 Å². The summed E-state index contributed by atoms with van der Waals surface area (Å²) < 4.78 is 0. The van der Waals surface area contributed by atoms with Gasteiger partial charge in [0.05, 0.1) is 0 Å². The Kier molecular flexibility index (Phi) is 4.28. The van der Waals surface area contributed by atoms with E-state index in [1.807, 2.05) is 0 Å². The fraction of sp³-hybridized carbons (Fsp3) is 0.600. The molecule has 1 aromatic rings. The Morgan fingerprint density at radius 3 is 2.50 bits per heavy atom. The molecule has 1 aliphatic rings. The van der Waals surface area contributed by atoms with Crippen LogP contribution in [0.5, 0.6) is 0 Å². The Morgan fingerprint density at radius 2 is 2.05 bits per heavy atom. The molecule has 1 aliphatic carbocycles. The molecule has 5 heteroatoms. The highest BCUT2D eigenvalue weighted by Gasteiger charge is 2.32. The van der Waals surface area contributed by atoms with Crippen molar-refractivity contribution in [2.75, 3.05) is 6.61 Å². The van der Waals surface area contributed by atoms with Crippen LogP contribution in [0.4, 0.5) is 0 Å². The third-order valence-electron chi connectivity index (χ3n) is 3.96. The number of nitrogens with one attached hydrogen (secondary N) is 2. The molecule has 0 aliphatic heterocycles. The molecule has 1 heterocycles. The number of aliphatic hydroxyl groups is 1. The van der Waals surface area contributed by atoms with Gasteiger partial charge in [-0.2, -0.15) is 0 Å². The number of carbonyl (C=O) groups is 2. The van der Waals surface area contributed by atoms with Gasteiger partial charge in [-0.3, -0.25) is 9.59 Å². The maximum Gasteiger partial charge on any atom is 0.268 e. The maximum absolute atomic E-state index is 12.3. The molecule has 1 aromatic heterocycles. The van der Waals surface area contributed by atoms with Crippen molar-refractivity contribution < 1.29 is 14.7 Å². The van der Waals surface area contributed by atoms with Crippen molar-refractivity contribution in [3.63, 3.8) is 0 Å². The molecular formula is C15H22N2O3. The molecule has 20 heavy (non-hydrogen) atoms. The number of aromatic amines is 1. The van der Waals surface area contributed by atoms with Crippen molar-refractivity contribution in [2.24, 2.45) is 5.92 Å². The van der Waals surface area contributed by atoms with E-state index in [4.69, 9.17) is 5.11 Å². The van der Waals surface area contributed by atoms with Gasteiger partial charge in [-0.1, -0.05) is 0 Å². The van der Waals surface area contributed by atoms with Crippen molar-refractivity contribution in [3.05, 3.63) is 22.5 Å². The third kappa shape index (κ3) is 2.93.